The molecule has 1 aromatic rings. The molecule has 0 amide bonds. The van der Waals surface area contributed by atoms with E-state index in [2.05, 4.69) is 20.4 Å². The smallest absolute Gasteiger partial charge is 0.387 e. The number of ether oxygens (including phenoxy) is 1. The maximum Gasteiger partial charge on any atom is 0.387 e. The number of rotatable bonds is 6. The summed E-state index contributed by atoms with van der Waals surface area (Å²) in [5.74, 6) is 0.901. The Labute approximate surface area is 161 Å². The summed E-state index contributed by atoms with van der Waals surface area (Å²) in [6.07, 6.45) is 2.38. The van der Waals surface area contributed by atoms with E-state index in [1.54, 1.807) is 7.05 Å². The number of nitrogens with one attached hydrogen (secondary N) is 2. The van der Waals surface area contributed by atoms with Gasteiger partial charge in [-0.3, -0.25) is 4.99 Å². The summed E-state index contributed by atoms with van der Waals surface area (Å²) in [6.45, 7) is -2.22. The van der Waals surface area contributed by atoms with Gasteiger partial charge in [0.15, 0.2) is 5.96 Å². The Balaban J connectivity index is 0.00000288. The second-order valence-electron chi connectivity index (χ2n) is 5.04. The average molecular weight is 475 g/mol. The van der Waals surface area contributed by atoms with Crippen molar-refractivity contribution in [2.24, 2.45) is 4.99 Å². The van der Waals surface area contributed by atoms with Gasteiger partial charge in [0, 0.05) is 31.0 Å². The molecule has 0 aliphatic carbocycles. The van der Waals surface area contributed by atoms with Crippen molar-refractivity contribution in [2.75, 3.05) is 19.3 Å². The molecule has 136 valence electrons. The first-order valence-corrected chi connectivity index (χ1v) is 8.43. The predicted molar refractivity (Wildman–Crippen MR) is 102 cm³/mol. The summed E-state index contributed by atoms with van der Waals surface area (Å²) in [7, 11) is 1.61. The molecule has 1 aliphatic heterocycles. The molecule has 1 atom stereocenters. The van der Waals surface area contributed by atoms with Crippen LogP contribution in [0.25, 0.3) is 0 Å². The Morgan fingerprint density at radius 3 is 2.83 bits per heavy atom. The maximum atomic E-state index is 13.9. The van der Waals surface area contributed by atoms with Crippen molar-refractivity contribution in [1.82, 2.24) is 10.6 Å². The van der Waals surface area contributed by atoms with Crippen LogP contribution in [0.3, 0.4) is 0 Å². The summed E-state index contributed by atoms with van der Waals surface area (Å²) >= 11 is 1.91. The lowest BCUT2D eigenvalue weighted by atomic mass is 10.2. The number of hydrogen-bond donors (Lipinski definition) is 2. The van der Waals surface area contributed by atoms with Crippen molar-refractivity contribution in [2.45, 2.75) is 31.2 Å². The number of benzene rings is 1. The van der Waals surface area contributed by atoms with Crippen LogP contribution >= 0.6 is 35.7 Å². The zero-order chi connectivity index (χ0) is 16.7. The molecular formula is C15H21F3IN3OS. The monoisotopic (exact) mass is 475 g/mol. The molecule has 1 fully saturated rings. The molecule has 0 aromatic heterocycles. The molecule has 0 radical (unpaired) electrons. The Bertz CT molecular complexity index is 543. The van der Waals surface area contributed by atoms with Gasteiger partial charge in [-0.1, -0.05) is 6.07 Å². The van der Waals surface area contributed by atoms with Crippen LogP contribution in [0.1, 0.15) is 18.4 Å². The van der Waals surface area contributed by atoms with Gasteiger partial charge in [0.05, 0.1) is 0 Å². The number of aliphatic imine (C=N–C) groups is 1. The van der Waals surface area contributed by atoms with Crippen LogP contribution in [0.5, 0.6) is 5.75 Å². The summed E-state index contributed by atoms with van der Waals surface area (Å²) in [5.41, 5.74) is 0.0472. The zero-order valence-electron chi connectivity index (χ0n) is 13.2. The van der Waals surface area contributed by atoms with Gasteiger partial charge in [-0.15, -0.1) is 24.0 Å². The minimum Gasteiger partial charge on any atom is -0.434 e. The normalized spacial score (nSPS) is 17.5. The molecule has 0 bridgehead atoms. The van der Waals surface area contributed by atoms with Crippen LogP contribution in [0.2, 0.25) is 0 Å². The molecule has 1 saturated heterocycles. The summed E-state index contributed by atoms with van der Waals surface area (Å²) in [6, 6.07) is 3.86. The molecule has 2 rings (SSSR count). The Kier molecular flexibility index (Phi) is 9.64. The molecule has 1 aliphatic rings. The summed E-state index contributed by atoms with van der Waals surface area (Å²) in [5, 5.41) is 6.64. The first-order chi connectivity index (χ1) is 11.1. The Morgan fingerprint density at radius 1 is 1.42 bits per heavy atom. The van der Waals surface area contributed by atoms with Crippen molar-refractivity contribution in [3.63, 3.8) is 0 Å². The van der Waals surface area contributed by atoms with Gasteiger partial charge < -0.3 is 15.4 Å². The number of hydrogen-bond acceptors (Lipinski definition) is 3. The Hall–Kier alpha value is -0.840. The van der Waals surface area contributed by atoms with Crippen molar-refractivity contribution < 1.29 is 17.9 Å². The topological polar surface area (TPSA) is 45.7 Å². The van der Waals surface area contributed by atoms with Crippen molar-refractivity contribution >= 4 is 41.7 Å². The van der Waals surface area contributed by atoms with Crippen LogP contribution in [0.4, 0.5) is 13.2 Å². The van der Waals surface area contributed by atoms with Gasteiger partial charge in [0.1, 0.15) is 11.6 Å². The van der Waals surface area contributed by atoms with Gasteiger partial charge >= 0.3 is 6.61 Å². The standard InChI is InChI=1S/C15H20F3N3OS.HI/c1-19-15(20-8-10-4-3-7-23-10)21-9-11-12(16)5-2-6-13(11)22-14(17)18;/h2,5-6,10,14H,3-4,7-9H2,1H3,(H2,19,20,21);1H. The third-order valence-corrected chi connectivity index (χ3v) is 4.87. The number of alkyl halides is 2. The fourth-order valence-electron chi connectivity index (χ4n) is 2.33. The van der Waals surface area contributed by atoms with Crippen LogP contribution in [-0.2, 0) is 6.54 Å². The molecule has 1 aromatic carbocycles. The minimum atomic E-state index is -2.99. The molecule has 1 unspecified atom stereocenters. The molecule has 1 heterocycles. The third-order valence-electron chi connectivity index (χ3n) is 3.47. The van der Waals surface area contributed by atoms with E-state index in [1.807, 2.05) is 11.8 Å². The average Bonchev–Trinajstić information content (AvgIpc) is 3.02. The SMILES string of the molecule is CN=C(NCc1c(F)cccc1OC(F)F)NCC1CCCS1.I. The van der Waals surface area contributed by atoms with E-state index in [9.17, 15) is 13.2 Å². The predicted octanol–water partition coefficient (Wildman–Crippen LogP) is 3.61. The second-order valence-corrected chi connectivity index (χ2v) is 6.44. The highest BCUT2D eigenvalue weighted by Crippen LogP contribution is 2.25. The highest BCUT2D eigenvalue weighted by atomic mass is 127. The molecule has 9 heteroatoms. The molecule has 2 N–H and O–H groups in total. The van der Waals surface area contributed by atoms with Gasteiger partial charge in [-0.05, 0) is 30.7 Å². The van der Waals surface area contributed by atoms with Gasteiger partial charge in [-0.25, -0.2) is 4.39 Å². The van der Waals surface area contributed by atoms with E-state index in [1.165, 1.54) is 30.4 Å². The van der Waals surface area contributed by atoms with Crippen molar-refractivity contribution in [3.8, 4) is 5.75 Å². The number of guanidine groups is 1. The highest BCUT2D eigenvalue weighted by Gasteiger charge is 2.17. The lowest BCUT2D eigenvalue weighted by Crippen LogP contribution is -2.40. The van der Waals surface area contributed by atoms with E-state index in [4.69, 9.17) is 0 Å². The first-order valence-electron chi connectivity index (χ1n) is 7.38. The minimum absolute atomic E-state index is 0. The van der Waals surface area contributed by atoms with E-state index < -0.39 is 12.4 Å². The van der Waals surface area contributed by atoms with E-state index in [0.29, 0.717) is 11.2 Å². The second kappa shape index (κ2) is 10.9. The van der Waals surface area contributed by atoms with Crippen LogP contribution < -0.4 is 15.4 Å². The van der Waals surface area contributed by atoms with Gasteiger partial charge in [0.2, 0.25) is 0 Å². The van der Waals surface area contributed by atoms with Gasteiger partial charge in [0.25, 0.3) is 0 Å². The molecule has 4 nitrogen and oxygen atoms in total. The zero-order valence-corrected chi connectivity index (χ0v) is 16.4. The molecular weight excluding hydrogens is 454 g/mol. The van der Waals surface area contributed by atoms with Crippen LogP contribution in [-0.4, -0.2) is 37.2 Å². The quantitative estimate of drug-likeness (QED) is 0.375. The number of nitrogens with zero attached hydrogens (tertiary/aromatic N) is 1. The van der Waals surface area contributed by atoms with Crippen LogP contribution in [0.15, 0.2) is 23.2 Å². The summed E-state index contributed by atoms with van der Waals surface area (Å²) < 4.78 is 43.0. The Morgan fingerprint density at radius 2 is 2.21 bits per heavy atom. The van der Waals surface area contributed by atoms with Gasteiger partial charge in [-0.2, -0.15) is 20.5 Å². The highest BCUT2D eigenvalue weighted by molar-refractivity contribution is 14.0. The van der Waals surface area contributed by atoms with Crippen LogP contribution in [0, 0.1) is 5.82 Å². The fourth-order valence-corrected chi connectivity index (χ4v) is 3.53. The first kappa shape index (κ1) is 21.2. The lowest BCUT2D eigenvalue weighted by molar-refractivity contribution is -0.0506. The lowest BCUT2D eigenvalue weighted by Gasteiger charge is -2.16. The molecule has 0 spiro atoms. The summed E-state index contributed by atoms with van der Waals surface area (Å²) in [4.78, 5) is 4.06. The number of thioether (sulfide) groups is 1. The maximum absolute atomic E-state index is 13.9. The molecule has 24 heavy (non-hydrogen) atoms. The largest absolute Gasteiger partial charge is 0.434 e. The number of halogens is 4. The third kappa shape index (κ3) is 6.58. The fraction of sp³-hybridized carbons (Fsp3) is 0.533. The van der Waals surface area contributed by atoms with E-state index in [0.717, 1.165) is 13.0 Å². The van der Waals surface area contributed by atoms with Crippen molar-refractivity contribution in [3.05, 3.63) is 29.6 Å². The molecule has 0 saturated carbocycles. The van der Waals surface area contributed by atoms with E-state index in [-0.39, 0.29) is 41.8 Å². The van der Waals surface area contributed by atoms with E-state index >= 15 is 0 Å². The van der Waals surface area contributed by atoms with Crippen molar-refractivity contribution in [1.29, 1.82) is 0 Å².